The number of thiocarbonyl (C=S) groups is 1. The summed E-state index contributed by atoms with van der Waals surface area (Å²) in [6, 6.07) is 7.88. The van der Waals surface area contributed by atoms with Gasteiger partial charge in [-0.15, -0.1) is 0 Å². The van der Waals surface area contributed by atoms with Gasteiger partial charge in [-0.1, -0.05) is 11.6 Å². The molecule has 0 spiro atoms. The maximum Gasteiger partial charge on any atom is 0.275 e. The molecule has 5 rings (SSSR count). The Hall–Kier alpha value is -3.41. The number of anilines is 2. The zero-order valence-electron chi connectivity index (χ0n) is 20.3. The predicted octanol–water partition coefficient (Wildman–Crippen LogP) is 3.13. The molecule has 194 valence electrons. The smallest absolute Gasteiger partial charge is 0.275 e. The number of ether oxygens (including phenoxy) is 1. The molecule has 3 heterocycles. The molecule has 9 nitrogen and oxygen atoms in total. The number of carbonyl (C=O) groups is 1. The second-order valence-electron chi connectivity index (χ2n) is 9.20. The van der Waals surface area contributed by atoms with Crippen molar-refractivity contribution in [1.29, 1.82) is 0 Å². The highest BCUT2D eigenvalue weighted by atomic mass is 35.5. The summed E-state index contributed by atoms with van der Waals surface area (Å²) in [6.45, 7) is 5.07. The largest absolute Gasteiger partial charge is 0.487 e. The molecule has 3 N–H and O–H groups in total. The molecule has 0 bridgehead atoms. The van der Waals surface area contributed by atoms with Crippen LogP contribution in [0.25, 0.3) is 10.9 Å². The van der Waals surface area contributed by atoms with Gasteiger partial charge in [0.05, 0.1) is 16.9 Å². The second-order valence-corrected chi connectivity index (χ2v) is 10.0. The molecule has 2 aliphatic heterocycles. The molecule has 1 aromatic heterocycles. The highest BCUT2D eigenvalue weighted by molar-refractivity contribution is 7.80. The molecule has 37 heavy (non-hydrogen) atoms. The lowest BCUT2D eigenvalue weighted by Crippen LogP contribution is -2.46. The Morgan fingerprint density at radius 2 is 1.86 bits per heavy atom. The summed E-state index contributed by atoms with van der Waals surface area (Å²) in [6.07, 6.45) is 1.50. The van der Waals surface area contributed by atoms with E-state index in [1.807, 2.05) is 23.4 Å². The van der Waals surface area contributed by atoms with E-state index < -0.39 is 17.2 Å². The molecule has 3 aromatic rings. The summed E-state index contributed by atoms with van der Waals surface area (Å²) in [4.78, 5) is 30.5. The van der Waals surface area contributed by atoms with Gasteiger partial charge in [0.1, 0.15) is 17.9 Å². The van der Waals surface area contributed by atoms with Crippen molar-refractivity contribution >= 4 is 57.1 Å². The topological polar surface area (TPSA) is 90.9 Å². The number of aromatic nitrogens is 1. The lowest BCUT2D eigenvalue weighted by atomic mass is 10.0. The number of amides is 1. The summed E-state index contributed by atoms with van der Waals surface area (Å²) in [5.74, 6) is -0.901. The van der Waals surface area contributed by atoms with E-state index in [-0.39, 0.29) is 28.7 Å². The van der Waals surface area contributed by atoms with Crippen LogP contribution in [-0.2, 0) is 0 Å². The summed E-state index contributed by atoms with van der Waals surface area (Å²) in [7, 11) is 2.02. The maximum absolute atomic E-state index is 15.5. The van der Waals surface area contributed by atoms with Crippen molar-refractivity contribution in [3.8, 4) is 5.75 Å². The van der Waals surface area contributed by atoms with Gasteiger partial charge in [-0.05, 0) is 56.5 Å². The van der Waals surface area contributed by atoms with Gasteiger partial charge in [-0.2, -0.15) is 0 Å². The van der Waals surface area contributed by atoms with Gasteiger partial charge < -0.3 is 24.4 Å². The van der Waals surface area contributed by atoms with Gasteiger partial charge >= 0.3 is 0 Å². The number of hydrogen-bond donors (Lipinski definition) is 3. The van der Waals surface area contributed by atoms with E-state index in [0.29, 0.717) is 40.8 Å². The third-order valence-corrected chi connectivity index (χ3v) is 7.05. The number of nitrogens with zero attached hydrogens (tertiary/aromatic N) is 3. The van der Waals surface area contributed by atoms with Gasteiger partial charge in [-0.25, -0.2) is 4.39 Å². The van der Waals surface area contributed by atoms with Gasteiger partial charge in [0.2, 0.25) is 5.43 Å². The fourth-order valence-corrected chi connectivity index (χ4v) is 4.87. The number of piperazine rings is 1. The third kappa shape index (κ3) is 4.94. The fourth-order valence-electron chi connectivity index (χ4n) is 4.57. The molecule has 1 atom stereocenters. The van der Waals surface area contributed by atoms with Crippen LogP contribution >= 0.6 is 23.8 Å². The molecule has 1 unspecified atom stereocenters. The monoisotopic (exact) mass is 544 g/mol. The minimum Gasteiger partial charge on any atom is -0.487 e. The SMILES string of the molecule is CC1COc2c(N3CCN(C)CC3)c(F)cc3c(=O)c(C(=O)NNC(=S)Nc4ccc(Cl)cc4)cn1c23. The van der Waals surface area contributed by atoms with E-state index in [1.165, 1.54) is 12.3 Å². The normalized spacial score (nSPS) is 17.3. The first-order valence-electron chi connectivity index (χ1n) is 11.8. The Kier molecular flexibility index (Phi) is 6.93. The minimum absolute atomic E-state index is 0.0893. The number of likely N-dealkylation sites (N-methyl/N-ethyl adjacent to an activating group) is 1. The van der Waals surface area contributed by atoms with Crippen molar-refractivity contribution in [3.63, 3.8) is 0 Å². The molecular weight excluding hydrogens is 519 g/mol. The lowest BCUT2D eigenvalue weighted by Gasteiger charge is -2.37. The highest BCUT2D eigenvalue weighted by Gasteiger charge is 2.31. The zero-order valence-corrected chi connectivity index (χ0v) is 21.9. The summed E-state index contributed by atoms with van der Waals surface area (Å²) < 4.78 is 23.3. The number of carbonyl (C=O) groups excluding carboxylic acids is 1. The standard InChI is InChI=1S/C25H26ClFN6O3S/c1-14-13-36-23-20-17(11-19(27)21(23)32-9-7-31(2)8-10-32)22(34)18(12-33(14)20)24(35)29-30-25(37)28-16-5-3-15(26)4-6-16/h3-6,11-12,14H,7-10,13H2,1-2H3,(H,29,35)(H2,28,30,37). The lowest BCUT2D eigenvalue weighted by molar-refractivity contribution is 0.0942. The molecule has 12 heteroatoms. The number of halogens is 2. The number of hydrazine groups is 1. The molecule has 0 saturated carbocycles. The third-order valence-electron chi connectivity index (χ3n) is 6.60. The average molecular weight is 545 g/mol. The maximum atomic E-state index is 15.5. The first kappa shape index (κ1) is 25.2. The van der Waals surface area contributed by atoms with Crippen LogP contribution in [-0.4, -0.2) is 60.3 Å². The minimum atomic E-state index is -0.695. The van der Waals surface area contributed by atoms with Gasteiger partial charge in [0, 0.05) is 43.1 Å². The number of pyridine rings is 1. The quantitative estimate of drug-likeness (QED) is 0.342. The van der Waals surface area contributed by atoms with Crippen LogP contribution in [0.3, 0.4) is 0 Å². The number of benzene rings is 2. The molecular formula is C25H26ClFN6O3S. The van der Waals surface area contributed by atoms with E-state index in [2.05, 4.69) is 21.1 Å². The summed E-state index contributed by atoms with van der Waals surface area (Å²) in [5, 5.41) is 3.69. The van der Waals surface area contributed by atoms with Gasteiger partial charge in [0.15, 0.2) is 16.7 Å². The zero-order chi connectivity index (χ0) is 26.3. The Labute approximate surface area is 223 Å². The first-order valence-corrected chi connectivity index (χ1v) is 12.6. The fraction of sp³-hybridized carbons (Fsp3) is 0.320. The molecule has 0 aliphatic carbocycles. The Balaban J connectivity index is 1.44. The van der Waals surface area contributed by atoms with Crippen LogP contribution in [0.1, 0.15) is 23.3 Å². The van der Waals surface area contributed by atoms with E-state index >= 15 is 4.39 Å². The van der Waals surface area contributed by atoms with E-state index in [1.54, 1.807) is 24.3 Å². The summed E-state index contributed by atoms with van der Waals surface area (Å²) >= 11 is 11.1. The van der Waals surface area contributed by atoms with Crippen LogP contribution in [0.2, 0.25) is 5.02 Å². The second kappa shape index (κ2) is 10.2. The Morgan fingerprint density at radius 1 is 1.16 bits per heavy atom. The molecule has 2 aliphatic rings. The number of hydrogen-bond acceptors (Lipinski definition) is 6. The number of rotatable bonds is 3. The molecule has 0 radical (unpaired) electrons. The van der Waals surface area contributed by atoms with Crippen molar-refractivity contribution < 1.29 is 13.9 Å². The van der Waals surface area contributed by atoms with Gasteiger partial charge in [-0.3, -0.25) is 20.4 Å². The summed E-state index contributed by atoms with van der Waals surface area (Å²) in [5.41, 5.74) is 5.82. The van der Waals surface area contributed by atoms with Crippen LogP contribution in [0.15, 0.2) is 41.3 Å². The number of nitrogens with one attached hydrogen (secondary N) is 3. The molecule has 1 amide bonds. The van der Waals surface area contributed by atoms with Crippen LogP contribution in [0.4, 0.5) is 15.8 Å². The van der Waals surface area contributed by atoms with Crippen molar-refractivity contribution in [2.24, 2.45) is 0 Å². The molecule has 1 saturated heterocycles. The van der Waals surface area contributed by atoms with E-state index in [4.69, 9.17) is 28.6 Å². The van der Waals surface area contributed by atoms with E-state index in [9.17, 15) is 9.59 Å². The molecule has 1 fully saturated rings. The van der Waals surface area contributed by atoms with Crippen molar-refractivity contribution in [2.45, 2.75) is 13.0 Å². The van der Waals surface area contributed by atoms with Crippen molar-refractivity contribution in [3.05, 3.63) is 63.2 Å². The average Bonchev–Trinajstić information content (AvgIpc) is 2.88. The Morgan fingerprint density at radius 3 is 2.57 bits per heavy atom. The van der Waals surface area contributed by atoms with Crippen molar-refractivity contribution in [1.82, 2.24) is 20.3 Å². The van der Waals surface area contributed by atoms with Crippen LogP contribution < -0.4 is 31.2 Å². The highest BCUT2D eigenvalue weighted by Crippen LogP contribution is 2.42. The van der Waals surface area contributed by atoms with E-state index in [0.717, 1.165) is 13.1 Å². The van der Waals surface area contributed by atoms with Crippen LogP contribution in [0.5, 0.6) is 5.75 Å². The van der Waals surface area contributed by atoms with Crippen LogP contribution in [0, 0.1) is 5.82 Å². The van der Waals surface area contributed by atoms with Crippen molar-refractivity contribution in [2.75, 3.05) is 50.1 Å². The Bertz CT molecular complexity index is 1440. The first-order chi connectivity index (χ1) is 17.7. The molecule has 2 aromatic carbocycles. The van der Waals surface area contributed by atoms with Gasteiger partial charge in [0.25, 0.3) is 5.91 Å². The predicted molar refractivity (Wildman–Crippen MR) is 146 cm³/mol.